The number of ketones is 1. The lowest BCUT2D eigenvalue weighted by Gasteiger charge is -2.37. The average molecular weight is 440 g/mol. The second-order valence-electron chi connectivity index (χ2n) is 8.55. The van der Waals surface area contributed by atoms with E-state index in [0.29, 0.717) is 23.3 Å². The summed E-state index contributed by atoms with van der Waals surface area (Å²) in [6.07, 6.45) is 5.14. The molecule has 2 aliphatic rings. The molecular weight excluding hydrogens is 418 g/mol. The van der Waals surface area contributed by atoms with E-state index in [1.807, 2.05) is 47.4 Å². The summed E-state index contributed by atoms with van der Waals surface area (Å²) in [7, 11) is 0. The Balaban J connectivity index is 1.51. The van der Waals surface area contributed by atoms with E-state index in [1.165, 1.54) is 11.8 Å². The quantitative estimate of drug-likeness (QED) is 0.546. The van der Waals surface area contributed by atoms with Gasteiger partial charge < -0.3 is 10.3 Å². The van der Waals surface area contributed by atoms with Crippen LogP contribution in [0.1, 0.15) is 43.9 Å². The fraction of sp³-hybridized carbons (Fsp3) is 0.318. The molecule has 2 N–H and O–H groups in total. The Morgan fingerprint density at radius 2 is 2.10 bits per heavy atom. The maximum Gasteiger partial charge on any atom is 0.227 e. The molecule has 0 bridgehead atoms. The zero-order chi connectivity index (χ0) is 20.9. The molecule has 1 aliphatic heterocycles. The van der Waals surface area contributed by atoms with Gasteiger partial charge in [0, 0.05) is 40.9 Å². The van der Waals surface area contributed by atoms with Gasteiger partial charge in [0.15, 0.2) is 5.78 Å². The van der Waals surface area contributed by atoms with Gasteiger partial charge in [0.1, 0.15) is 6.04 Å². The molecule has 0 saturated carbocycles. The third kappa shape index (κ3) is 3.46. The Morgan fingerprint density at radius 3 is 2.87 bits per heavy atom. The van der Waals surface area contributed by atoms with E-state index in [2.05, 4.69) is 24.1 Å². The van der Waals surface area contributed by atoms with Gasteiger partial charge in [0.25, 0.3) is 0 Å². The van der Waals surface area contributed by atoms with Crippen molar-refractivity contribution in [3.63, 3.8) is 0 Å². The Kier molecular flexibility index (Phi) is 4.75. The van der Waals surface area contributed by atoms with Crippen molar-refractivity contribution in [3.8, 4) is 0 Å². The lowest BCUT2D eigenvalue weighted by atomic mass is 9.73. The van der Waals surface area contributed by atoms with Crippen LogP contribution in [0, 0.1) is 5.41 Å². The zero-order valence-corrected chi connectivity index (χ0v) is 18.3. The number of halogens is 1. The van der Waals surface area contributed by atoms with Crippen molar-refractivity contribution in [1.82, 2.24) is 19.7 Å². The van der Waals surface area contributed by atoms with Crippen LogP contribution in [-0.4, -0.2) is 25.5 Å². The second kappa shape index (κ2) is 7.32. The van der Waals surface area contributed by atoms with Crippen molar-refractivity contribution in [3.05, 3.63) is 70.1 Å². The van der Waals surface area contributed by atoms with E-state index in [-0.39, 0.29) is 17.2 Å². The van der Waals surface area contributed by atoms with Crippen molar-refractivity contribution < 1.29 is 4.79 Å². The molecule has 3 heterocycles. The van der Waals surface area contributed by atoms with Gasteiger partial charge in [-0.1, -0.05) is 55.4 Å². The fourth-order valence-corrected chi connectivity index (χ4v) is 5.34. The highest BCUT2D eigenvalue weighted by molar-refractivity contribution is 7.98. The number of aromatic nitrogens is 4. The van der Waals surface area contributed by atoms with Gasteiger partial charge in [-0.2, -0.15) is 4.98 Å². The highest BCUT2D eigenvalue weighted by atomic mass is 35.5. The zero-order valence-electron chi connectivity index (χ0n) is 16.8. The maximum absolute atomic E-state index is 13.1. The first-order valence-electron chi connectivity index (χ1n) is 9.90. The molecule has 1 unspecified atom stereocenters. The predicted octanol–water partition coefficient (Wildman–Crippen LogP) is 5.21. The summed E-state index contributed by atoms with van der Waals surface area (Å²) in [6, 6.07) is 9.51. The smallest absolute Gasteiger partial charge is 0.227 e. The molecule has 1 atom stereocenters. The summed E-state index contributed by atoms with van der Waals surface area (Å²) in [5.74, 6) is 1.52. The molecule has 154 valence electrons. The molecule has 1 aromatic carbocycles. The SMILES string of the molecule is CC1(C)CC(=O)C2=C(C1)Nc1nc(SCc3ccccc3Cl)nn1C2c1cc[nH]c1. The summed E-state index contributed by atoms with van der Waals surface area (Å²) < 4.78 is 1.84. The lowest BCUT2D eigenvalue weighted by Crippen LogP contribution is -2.36. The molecule has 2 aromatic heterocycles. The van der Waals surface area contributed by atoms with E-state index in [9.17, 15) is 4.79 Å². The molecule has 5 rings (SSSR count). The number of allylic oxidation sites excluding steroid dienone is 2. The molecule has 6 nitrogen and oxygen atoms in total. The van der Waals surface area contributed by atoms with Crippen molar-refractivity contribution in [2.75, 3.05) is 5.32 Å². The summed E-state index contributed by atoms with van der Waals surface area (Å²) in [4.78, 5) is 21.0. The lowest BCUT2D eigenvalue weighted by molar-refractivity contribution is -0.118. The first-order valence-corrected chi connectivity index (χ1v) is 11.3. The van der Waals surface area contributed by atoms with Crippen molar-refractivity contribution in [2.45, 2.75) is 43.6 Å². The van der Waals surface area contributed by atoms with Crippen molar-refractivity contribution in [2.24, 2.45) is 5.41 Å². The standard InChI is InChI=1S/C22H22ClN5OS/c1-22(2)9-16-18(17(29)10-22)19(13-7-8-24-11-13)28-20(25-16)26-21(27-28)30-12-14-5-3-4-6-15(14)23/h3-8,11,19,24H,9-10,12H2,1-2H3,(H,25,26,27). The van der Waals surface area contributed by atoms with E-state index in [1.54, 1.807) is 0 Å². The van der Waals surface area contributed by atoms with E-state index in [0.717, 1.165) is 33.8 Å². The summed E-state index contributed by atoms with van der Waals surface area (Å²) in [5.41, 5.74) is 3.74. The number of carbonyl (C=O) groups is 1. The number of benzene rings is 1. The number of Topliss-reactive ketones (excluding diaryl/α,β-unsaturated/α-hetero) is 1. The van der Waals surface area contributed by atoms with Crippen LogP contribution >= 0.6 is 23.4 Å². The van der Waals surface area contributed by atoms with Crippen LogP contribution in [0.2, 0.25) is 5.02 Å². The van der Waals surface area contributed by atoms with Gasteiger partial charge in [0.2, 0.25) is 11.1 Å². The molecule has 3 aromatic rings. The van der Waals surface area contributed by atoms with Gasteiger partial charge in [-0.15, -0.1) is 5.10 Å². The van der Waals surface area contributed by atoms with Gasteiger partial charge >= 0.3 is 0 Å². The fourth-order valence-electron chi connectivity index (χ4n) is 4.22. The van der Waals surface area contributed by atoms with E-state index >= 15 is 0 Å². The van der Waals surface area contributed by atoms with E-state index in [4.69, 9.17) is 21.7 Å². The number of anilines is 1. The number of thioether (sulfide) groups is 1. The number of nitrogens with one attached hydrogen (secondary N) is 2. The largest absolute Gasteiger partial charge is 0.367 e. The van der Waals surface area contributed by atoms with Crippen LogP contribution in [0.4, 0.5) is 5.95 Å². The van der Waals surface area contributed by atoms with E-state index < -0.39 is 0 Å². The minimum absolute atomic E-state index is 0.0740. The molecule has 0 radical (unpaired) electrons. The van der Waals surface area contributed by atoms with Crippen LogP contribution in [0.25, 0.3) is 0 Å². The average Bonchev–Trinajstić information content (AvgIpc) is 3.34. The number of carbonyl (C=O) groups excluding carboxylic acids is 1. The molecule has 0 spiro atoms. The van der Waals surface area contributed by atoms with Gasteiger partial charge in [0.05, 0.1) is 0 Å². The molecular formula is C22H22ClN5OS. The van der Waals surface area contributed by atoms with Crippen LogP contribution < -0.4 is 5.32 Å². The topological polar surface area (TPSA) is 75.6 Å². The van der Waals surface area contributed by atoms with Crippen LogP contribution in [0.3, 0.4) is 0 Å². The maximum atomic E-state index is 13.1. The minimum atomic E-state index is -0.270. The predicted molar refractivity (Wildman–Crippen MR) is 119 cm³/mol. The molecule has 0 fully saturated rings. The van der Waals surface area contributed by atoms with Crippen LogP contribution in [0.5, 0.6) is 0 Å². The van der Waals surface area contributed by atoms with Crippen LogP contribution in [-0.2, 0) is 10.5 Å². The first-order chi connectivity index (χ1) is 14.4. The third-order valence-corrected chi connectivity index (χ3v) is 6.82. The van der Waals surface area contributed by atoms with Gasteiger partial charge in [-0.05, 0) is 35.1 Å². The molecule has 1 aliphatic carbocycles. The van der Waals surface area contributed by atoms with Crippen LogP contribution in [0.15, 0.2) is 59.2 Å². The highest BCUT2D eigenvalue weighted by Gasteiger charge is 2.42. The third-order valence-electron chi connectivity index (χ3n) is 5.56. The first kappa shape index (κ1) is 19.5. The monoisotopic (exact) mass is 439 g/mol. The molecule has 0 saturated heterocycles. The Morgan fingerprint density at radius 1 is 1.27 bits per heavy atom. The Labute approximate surface area is 184 Å². The van der Waals surface area contributed by atoms with Gasteiger partial charge in [-0.3, -0.25) is 4.79 Å². The molecule has 0 amide bonds. The number of fused-ring (bicyclic) bond motifs is 1. The summed E-state index contributed by atoms with van der Waals surface area (Å²) >= 11 is 7.82. The minimum Gasteiger partial charge on any atom is -0.367 e. The van der Waals surface area contributed by atoms with Gasteiger partial charge in [-0.25, -0.2) is 4.68 Å². The number of hydrogen-bond acceptors (Lipinski definition) is 5. The Bertz CT molecular complexity index is 1150. The van der Waals surface area contributed by atoms with Crippen molar-refractivity contribution in [1.29, 1.82) is 0 Å². The molecule has 8 heteroatoms. The number of aromatic amines is 1. The summed E-state index contributed by atoms with van der Waals surface area (Å²) in [6.45, 7) is 4.26. The number of H-pyrrole nitrogens is 1. The number of hydrogen-bond donors (Lipinski definition) is 2. The summed E-state index contributed by atoms with van der Waals surface area (Å²) in [5, 5.41) is 9.56. The molecule has 30 heavy (non-hydrogen) atoms. The number of nitrogens with zero attached hydrogens (tertiary/aromatic N) is 3. The van der Waals surface area contributed by atoms with Crippen molar-refractivity contribution >= 4 is 35.1 Å². The Hall–Kier alpha value is -2.51. The normalized spacial score (nSPS) is 20.0. The highest BCUT2D eigenvalue weighted by Crippen LogP contribution is 2.45. The second-order valence-corrected chi connectivity index (χ2v) is 9.90. The number of rotatable bonds is 4.